The first-order chi connectivity index (χ1) is 7.22. The van der Waals surface area contributed by atoms with Crippen LogP contribution in [-0.4, -0.2) is 6.26 Å². The maximum atomic E-state index is 5.87. The van der Waals surface area contributed by atoms with Gasteiger partial charge in [0.05, 0.1) is 0 Å². The highest BCUT2D eigenvalue weighted by Gasteiger charge is 2.20. The molecule has 0 fully saturated rings. The summed E-state index contributed by atoms with van der Waals surface area (Å²) in [5.74, 6) is 0. The second-order valence-corrected chi connectivity index (χ2v) is 6.78. The van der Waals surface area contributed by atoms with Crippen LogP contribution in [0.5, 0.6) is 0 Å². The smallest absolute Gasteiger partial charge is 0.308 e. The van der Waals surface area contributed by atoms with Crippen molar-refractivity contribution in [1.29, 1.82) is 0 Å². The second kappa shape index (κ2) is 6.54. The zero-order valence-electron chi connectivity index (χ0n) is 8.79. The molecule has 16 heavy (non-hydrogen) atoms. The van der Waals surface area contributed by atoms with Crippen LogP contribution < -0.4 is 24.0 Å². The van der Waals surface area contributed by atoms with Crippen LogP contribution in [0.15, 0.2) is 28.5 Å². The molecule has 1 aromatic heterocycles. The number of hydrogen-bond acceptors (Lipinski definition) is 2. The lowest BCUT2D eigenvalue weighted by Gasteiger charge is -1.96. The maximum absolute atomic E-state index is 5.87. The number of thioether (sulfide) groups is 1. The van der Waals surface area contributed by atoms with E-state index in [1.165, 1.54) is 20.2 Å². The van der Waals surface area contributed by atoms with Gasteiger partial charge in [0.2, 0.25) is 0 Å². The van der Waals surface area contributed by atoms with Crippen molar-refractivity contribution in [1.82, 2.24) is 0 Å². The van der Waals surface area contributed by atoms with Gasteiger partial charge in [-0.05, 0) is 30.9 Å². The van der Waals surface area contributed by atoms with Crippen molar-refractivity contribution in [3.8, 4) is 10.4 Å². The van der Waals surface area contributed by atoms with Gasteiger partial charge in [0, 0.05) is 10.6 Å². The second-order valence-electron chi connectivity index (χ2n) is 3.12. The molecule has 2 rings (SSSR count). The maximum Gasteiger partial charge on any atom is 0.308 e. The summed E-state index contributed by atoms with van der Waals surface area (Å²) in [5, 5.41) is 0.793. The van der Waals surface area contributed by atoms with Crippen LogP contribution >= 0.6 is 44.0 Å². The minimum absolute atomic E-state index is 0. The minimum Gasteiger partial charge on any atom is -1.00 e. The first-order valence-corrected chi connectivity index (χ1v) is 8.20. The SMILES string of the molecule is CSc1[s+]sc(-c2ccc(Cl)cc2)c1C.[I-]. The molecular formula is C11H10ClIS3. The summed E-state index contributed by atoms with van der Waals surface area (Å²) in [6.45, 7) is 2.18. The van der Waals surface area contributed by atoms with Gasteiger partial charge in [0.25, 0.3) is 4.21 Å². The molecule has 0 aliphatic rings. The van der Waals surface area contributed by atoms with Gasteiger partial charge in [-0.25, -0.2) is 0 Å². The van der Waals surface area contributed by atoms with Crippen molar-refractivity contribution < 1.29 is 24.0 Å². The predicted octanol–water partition coefficient (Wildman–Crippen LogP) is 2.45. The quantitative estimate of drug-likeness (QED) is 0.323. The van der Waals surface area contributed by atoms with Crippen molar-refractivity contribution in [2.75, 3.05) is 6.26 Å². The molecule has 1 heterocycles. The topological polar surface area (TPSA) is 0 Å². The minimum atomic E-state index is 0. The van der Waals surface area contributed by atoms with E-state index in [9.17, 15) is 0 Å². The molecule has 0 N–H and O–H groups in total. The third kappa shape index (κ3) is 3.10. The summed E-state index contributed by atoms with van der Waals surface area (Å²) in [5.41, 5.74) is 2.65. The van der Waals surface area contributed by atoms with Crippen LogP contribution in [0.2, 0.25) is 5.02 Å². The largest absolute Gasteiger partial charge is 1.00 e. The van der Waals surface area contributed by atoms with E-state index >= 15 is 0 Å². The summed E-state index contributed by atoms with van der Waals surface area (Å²) < 4.78 is 1.41. The average Bonchev–Trinajstić information content (AvgIpc) is 2.61. The highest BCUT2D eigenvalue weighted by molar-refractivity contribution is 8.02. The number of rotatable bonds is 2. The Bertz CT molecular complexity index is 465. The van der Waals surface area contributed by atoms with Gasteiger partial charge in [0.1, 0.15) is 4.88 Å². The first kappa shape index (κ1) is 14.7. The summed E-state index contributed by atoms with van der Waals surface area (Å²) in [7, 11) is 3.68. The van der Waals surface area contributed by atoms with Gasteiger partial charge in [-0.2, -0.15) is 0 Å². The van der Waals surface area contributed by atoms with E-state index in [2.05, 4.69) is 25.3 Å². The van der Waals surface area contributed by atoms with Crippen LogP contribution in [0, 0.1) is 6.92 Å². The first-order valence-electron chi connectivity index (χ1n) is 4.45. The van der Waals surface area contributed by atoms with Gasteiger partial charge < -0.3 is 24.0 Å². The molecule has 0 unspecified atom stereocenters. The molecule has 0 nitrogen and oxygen atoms in total. The van der Waals surface area contributed by atoms with Crippen LogP contribution in [-0.2, 0) is 0 Å². The van der Waals surface area contributed by atoms with Crippen LogP contribution in [0.4, 0.5) is 0 Å². The Labute approximate surface area is 129 Å². The van der Waals surface area contributed by atoms with E-state index in [1.54, 1.807) is 0 Å². The molecule has 5 heteroatoms. The van der Waals surface area contributed by atoms with E-state index < -0.39 is 0 Å². The van der Waals surface area contributed by atoms with Gasteiger partial charge in [-0.3, -0.25) is 0 Å². The lowest BCUT2D eigenvalue weighted by molar-refractivity contribution is -0.00000280. The fourth-order valence-electron chi connectivity index (χ4n) is 1.35. The Balaban J connectivity index is 0.00000128. The van der Waals surface area contributed by atoms with Crippen molar-refractivity contribution in [3.63, 3.8) is 0 Å². The third-order valence-corrected chi connectivity index (χ3v) is 6.63. The summed E-state index contributed by atoms with van der Waals surface area (Å²) in [6, 6.07) is 8.05. The third-order valence-electron chi connectivity index (χ3n) is 2.14. The molecule has 0 saturated heterocycles. The molecule has 0 aliphatic carbocycles. The lowest BCUT2D eigenvalue weighted by atomic mass is 10.1. The molecule has 1 aromatic carbocycles. The zero-order chi connectivity index (χ0) is 10.8. The Hall–Kier alpha value is 0.640. The fraction of sp³-hybridized carbons (Fsp3) is 0.182. The molecule has 0 spiro atoms. The molecule has 0 atom stereocenters. The molecule has 0 radical (unpaired) electrons. The van der Waals surface area contributed by atoms with E-state index in [1.807, 2.05) is 44.6 Å². The van der Waals surface area contributed by atoms with Crippen LogP contribution in [0.3, 0.4) is 0 Å². The molecule has 0 amide bonds. The summed E-state index contributed by atoms with van der Waals surface area (Å²) in [4.78, 5) is 1.36. The molecule has 0 aliphatic heterocycles. The Morgan fingerprint density at radius 3 is 2.38 bits per heavy atom. The Kier molecular flexibility index (Phi) is 6.01. The number of halogens is 2. The van der Waals surface area contributed by atoms with Crippen LogP contribution in [0.1, 0.15) is 5.56 Å². The summed E-state index contributed by atoms with van der Waals surface area (Å²) in [6.07, 6.45) is 2.12. The van der Waals surface area contributed by atoms with E-state index in [-0.39, 0.29) is 24.0 Å². The normalized spacial score (nSPS) is 9.94. The van der Waals surface area contributed by atoms with Crippen molar-refractivity contribution in [3.05, 3.63) is 34.9 Å². The van der Waals surface area contributed by atoms with Crippen molar-refractivity contribution >= 4 is 44.0 Å². The Morgan fingerprint density at radius 1 is 1.25 bits per heavy atom. The van der Waals surface area contributed by atoms with Gasteiger partial charge >= 0.3 is 10.3 Å². The number of benzene rings is 1. The number of hydrogen-bond donors (Lipinski definition) is 0. The lowest BCUT2D eigenvalue weighted by Crippen LogP contribution is -3.00. The van der Waals surface area contributed by atoms with Gasteiger partial charge in [-0.15, -0.1) is 0 Å². The van der Waals surface area contributed by atoms with Crippen LogP contribution in [0.25, 0.3) is 10.4 Å². The van der Waals surface area contributed by atoms with Crippen molar-refractivity contribution in [2.45, 2.75) is 11.1 Å². The molecule has 86 valence electrons. The monoisotopic (exact) mass is 400 g/mol. The molecule has 0 saturated carbocycles. The van der Waals surface area contributed by atoms with E-state index in [0.29, 0.717) is 0 Å². The zero-order valence-corrected chi connectivity index (χ0v) is 14.2. The van der Waals surface area contributed by atoms with Gasteiger partial charge in [0.15, 0.2) is 10.3 Å². The average molecular weight is 401 g/mol. The molecule has 2 aromatic rings. The van der Waals surface area contributed by atoms with Gasteiger partial charge in [-0.1, -0.05) is 35.5 Å². The molecular weight excluding hydrogens is 391 g/mol. The molecule has 0 bridgehead atoms. The fourth-order valence-corrected chi connectivity index (χ4v) is 5.57. The Morgan fingerprint density at radius 2 is 1.88 bits per heavy atom. The van der Waals surface area contributed by atoms with Crippen molar-refractivity contribution in [2.24, 2.45) is 0 Å². The summed E-state index contributed by atoms with van der Waals surface area (Å²) >= 11 is 7.69. The van der Waals surface area contributed by atoms with E-state index in [4.69, 9.17) is 11.6 Å². The highest BCUT2D eigenvalue weighted by Crippen LogP contribution is 2.40. The van der Waals surface area contributed by atoms with E-state index in [0.717, 1.165) is 5.02 Å². The predicted molar refractivity (Wildman–Crippen MR) is 73.6 cm³/mol. The standard InChI is InChI=1S/C11H10ClS3.HI/c1-7-10(14-15-11(7)13-2)8-3-5-9(12)6-4-8;/h3-6H,1-2H3;1H/q+1;/p-1. The highest BCUT2D eigenvalue weighted by atomic mass is 127.